The average Bonchev–Trinajstić information content (AvgIpc) is 3.27. The average molecular weight is 560 g/mol. The van der Waals surface area contributed by atoms with Gasteiger partial charge < -0.3 is 5.32 Å². The fourth-order valence-corrected chi connectivity index (χ4v) is 5.46. The minimum absolute atomic E-state index is 0.131. The molecule has 4 rings (SSSR count). The molecule has 1 N–H and O–H groups in total. The molecular weight excluding hydrogens is 535 g/mol. The summed E-state index contributed by atoms with van der Waals surface area (Å²) in [4.78, 5) is 12.8. The van der Waals surface area contributed by atoms with E-state index in [0.717, 1.165) is 35.2 Å². The molecule has 3 aromatic carbocycles. The maximum absolute atomic E-state index is 12.8. The molecule has 0 fully saturated rings. The number of thioether (sulfide) groups is 1. The Morgan fingerprint density at radius 1 is 0.944 bits per heavy atom. The number of aromatic nitrogens is 3. The quantitative estimate of drug-likeness (QED) is 0.222. The summed E-state index contributed by atoms with van der Waals surface area (Å²) in [7, 11) is 0. The number of para-hydroxylation sites is 1. The van der Waals surface area contributed by atoms with Crippen molar-refractivity contribution >= 4 is 58.2 Å². The van der Waals surface area contributed by atoms with Crippen LogP contribution in [0, 0.1) is 6.92 Å². The zero-order valence-corrected chi connectivity index (χ0v) is 23.2. The zero-order chi connectivity index (χ0) is 25.8. The van der Waals surface area contributed by atoms with Crippen LogP contribution in [-0.2, 0) is 17.6 Å². The second-order valence-corrected chi connectivity index (χ2v) is 10.4. The number of hydrogen-bond donors (Lipinski definition) is 1. The highest BCUT2D eigenvalue weighted by molar-refractivity contribution is 7.99. The Morgan fingerprint density at radius 3 is 2.31 bits per heavy atom. The van der Waals surface area contributed by atoms with E-state index in [1.165, 1.54) is 11.8 Å². The van der Waals surface area contributed by atoms with Gasteiger partial charge in [0.25, 0.3) is 0 Å². The van der Waals surface area contributed by atoms with E-state index in [1.807, 2.05) is 29.7 Å². The SMILES string of the molecule is CCc1cccc(CC)c1-n1c(SCC(=O)Nc2ccc(C)cc2Cl)nnc1-c1ccc(Cl)cc1Cl. The minimum Gasteiger partial charge on any atom is -0.324 e. The molecule has 4 aromatic rings. The van der Waals surface area contributed by atoms with E-state index in [2.05, 4.69) is 47.6 Å². The molecule has 0 atom stereocenters. The van der Waals surface area contributed by atoms with Gasteiger partial charge in [-0.25, -0.2) is 0 Å². The van der Waals surface area contributed by atoms with Crippen LogP contribution >= 0.6 is 46.6 Å². The first kappa shape index (κ1) is 26.6. The monoisotopic (exact) mass is 558 g/mol. The predicted octanol–water partition coefficient (Wildman–Crippen LogP) is 8.06. The van der Waals surface area contributed by atoms with E-state index in [1.54, 1.807) is 18.2 Å². The molecule has 1 aromatic heterocycles. The molecule has 0 spiro atoms. The Hall–Kier alpha value is -2.51. The molecule has 5 nitrogen and oxygen atoms in total. The summed E-state index contributed by atoms with van der Waals surface area (Å²) in [6.45, 7) is 6.18. The number of nitrogens with zero attached hydrogens (tertiary/aromatic N) is 3. The minimum atomic E-state index is -0.189. The van der Waals surface area contributed by atoms with Crippen LogP contribution in [-0.4, -0.2) is 26.4 Å². The summed E-state index contributed by atoms with van der Waals surface area (Å²) in [5.41, 5.74) is 5.63. The van der Waals surface area contributed by atoms with Crippen LogP contribution in [0.3, 0.4) is 0 Å². The van der Waals surface area contributed by atoms with Gasteiger partial charge in [-0.05, 0) is 66.8 Å². The normalized spacial score (nSPS) is 11.1. The molecule has 186 valence electrons. The lowest BCUT2D eigenvalue weighted by Gasteiger charge is -2.18. The van der Waals surface area contributed by atoms with Crippen molar-refractivity contribution in [3.8, 4) is 17.1 Å². The summed E-state index contributed by atoms with van der Waals surface area (Å²) >= 11 is 20.3. The number of benzene rings is 3. The number of halogens is 3. The van der Waals surface area contributed by atoms with Gasteiger partial charge in [0.2, 0.25) is 5.91 Å². The first-order valence-electron chi connectivity index (χ1n) is 11.5. The number of carbonyl (C=O) groups excluding carboxylic acids is 1. The van der Waals surface area contributed by atoms with E-state index in [0.29, 0.717) is 37.3 Å². The van der Waals surface area contributed by atoms with Crippen molar-refractivity contribution < 1.29 is 4.79 Å². The van der Waals surface area contributed by atoms with Gasteiger partial charge in [0.05, 0.1) is 27.2 Å². The smallest absolute Gasteiger partial charge is 0.234 e. The summed E-state index contributed by atoms with van der Waals surface area (Å²) in [5.74, 6) is 0.537. The summed E-state index contributed by atoms with van der Waals surface area (Å²) in [6.07, 6.45) is 1.65. The van der Waals surface area contributed by atoms with Crippen LogP contribution in [0.4, 0.5) is 5.69 Å². The van der Waals surface area contributed by atoms with Crippen LogP contribution in [0.15, 0.2) is 59.8 Å². The Bertz CT molecular complexity index is 1400. The van der Waals surface area contributed by atoms with Crippen molar-refractivity contribution in [2.24, 2.45) is 0 Å². The maximum atomic E-state index is 12.8. The molecule has 0 bridgehead atoms. The largest absolute Gasteiger partial charge is 0.324 e. The number of anilines is 1. The second kappa shape index (κ2) is 11.7. The number of carbonyl (C=O) groups is 1. The molecule has 1 heterocycles. The third-order valence-corrected chi connectivity index (χ3v) is 7.51. The molecule has 36 heavy (non-hydrogen) atoms. The maximum Gasteiger partial charge on any atom is 0.234 e. The molecule has 0 aliphatic heterocycles. The molecule has 0 aliphatic rings. The van der Waals surface area contributed by atoms with Crippen LogP contribution in [0.1, 0.15) is 30.5 Å². The van der Waals surface area contributed by atoms with Crippen molar-refractivity contribution in [3.05, 3.63) is 86.4 Å². The molecular formula is C27H25Cl3N4OS. The van der Waals surface area contributed by atoms with Gasteiger partial charge in [0.15, 0.2) is 11.0 Å². The van der Waals surface area contributed by atoms with E-state index < -0.39 is 0 Å². The number of nitrogens with one attached hydrogen (secondary N) is 1. The Labute approximate surface area is 230 Å². The topological polar surface area (TPSA) is 59.8 Å². The third-order valence-electron chi connectivity index (χ3n) is 5.72. The van der Waals surface area contributed by atoms with Gasteiger partial charge in [-0.15, -0.1) is 10.2 Å². The summed E-state index contributed by atoms with van der Waals surface area (Å²) in [6, 6.07) is 17.1. The van der Waals surface area contributed by atoms with E-state index in [-0.39, 0.29) is 11.7 Å². The molecule has 0 aliphatic carbocycles. The second-order valence-electron chi connectivity index (χ2n) is 8.22. The van der Waals surface area contributed by atoms with Crippen LogP contribution in [0.5, 0.6) is 0 Å². The third kappa shape index (κ3) is 5.73. The molecule has 0 unspecified atom stereocenters. The fraction of sp³-hybridized carbons (Fsp3) is 0.222. The Morgan fingerprint density at radius 2 is 1.67 bits per heavy atom. The van der Waals surface area contributed by atoms with Gasteiger partial charge in [0, 0.05) is 10.6 Å². The van der Waals surface area contributed by atoms with Crippen molar-refractivity contribution in [2.45, 2.75) is 38.8 Å². The van der Waals surface area contributed by atoms with Gasteiger partial charge in [-0.3, -0.25) is 9.36 Å². The van der Waals surface area contributed by atoms with E-state index in [9.17, 15) is 4.79 Å². The zero-order valence-electron chi connectivity index (χ0n) is 20.1. The predicted molar refractivity (Wildman–Crippen MR) is 151 cm³/mol. The summed E-state index contributed by atoms with van der Waals surface area (Å²) < 4.78 is 2.00. The van der Waals surface area contributed by atoms with Gasteiger partial charge in [-0.1, -0.05) is 84.7 Å². The van der Waals surface area contributed by atoms with Crippen molar-refractivity contribution in [1.82, 2.24) is 14.8 Å². The van der Waals surface area contributed by atoms with Gasteiger partial charge in [-0.2, -0.15) is 0 Å². The number of hydrogen-bond acceptors (Lipinski definition) is 4. The molecule has 0 radical (unpaired) electrons. The number of aryl methyl sites for hydroxylation is 3. The van der Waals surface area contributed by atoms with Crippen LogP contribution in [0.2, 0.25) is 15.1 Å². The lowest BCUT2D eigenvalue weighted by Crippen LogP contribution is -2.15. The van der Waals surface area contributed by atoms with Crippen molar-refractivity contribution in [2.75, 3.05) is 11.1 Å². The Kier molecular flexibility index (Phi) is 8.62. The fourth-order valence-electron chi connectivity index (χ4n) is 3.95. The first-order chi connectivity index (χ1) is 17.3. The molecule has 9 heteroatoms. The first-order valence-corrected chi connectivity index (χ1v) is 13.6. The molecule has 1 amide bonds. The lowest BCUT2D eigenvalue weighted by atomic mass is 10.0. The van der Waals surface area contributed by atoms with Crippen molar-refractivity contribution in [3.63, 3.8) is 0 Å². The van der Waals surface area contributed by atoms with E-state index >= 15 is 0 Å². The van der Waals surface area contributed by atoms with Gasteiger partial charge in [0.1, 0.15) is 0 Å². The van der Waals surface area contributed by atoms with Crippen molar-refractivity contribution in [1.29, 1.82) is 0 Å². The molecule has 0 saturated carbocycles. The standard InChI is InChI=1S/C27H25Cl3N4OS/c1-4-17-7-6-8-18(5-2)25(17)34-26(20-11-10-19(28)14-21(20)29)32-33-27(34)36-15-24(35)31-23-12-9-16(3)13-22(23)30/h6-14H,4-5,15H2,1-3H3,(H,31,35). The highest BCUT2D eigenvalue weighted by atomic mass is 35.5. The van der Waals surface area contributed by atoms with Crippen LogP contribution in [0.25, 0.3) is 17.1 Å². The number of amides is 1. The van der Waals surface area contributed by atoms with E-state index in [4.69, 9.17) is 34.8 Å². The molecule has 0 saturated heterocycles. The summed E-state index contributed by atoms with van der Waals surface area (Å²) in [5, 5.41) is 14.0. The highest BCUT2D eigenvalue weighted by Crippen LogP contribution is 2.36. The Balaban J connectivity index is 1.74. The van der Waals surface area contributed by atoms with Crippen LogP contribution < -0.4 is 5.32 Å². The lowest BCUT2D eigenvalue weighted by molar-refractivity contribution is -0.113. The highest BCUT2D eigenvalue weighted by Gasteiger charge is 2.22. The number of rotatable bonds is 8. The van der Waals surface area contributed by atoms with Gasteiger partial charge >= 0.3 is 0 Å².